The normalized spacial score (nSPS) is 29.0. The monoisotopic (exact) mass is 128 g/mol. The van der Waals surface area contributed by atoms with Crippen molar-refractivity contribution in [1.29, 1.82) is 0 Å². The van der Waals surface area contributed by atoms with Crippen molar-refractivity contribution in [3.8, 4) is 0 Å². The summed E-state index contributed by atoms with van der Waals surface area (Å²) in [6.45, 7) is 6.91. The summed E-state index contributed by atoms with van der Waals surface area (Å²) >= 11 is 0. The summed E-state index contributed by atoms with van der Waals surface area (Å²) in [6, 6.07) is 0.457. The van der Waals surface area contributed by atoms with Gasteiger partial charge in [-0.05, 0) is 5.92 Å². The highest BCUT2D eigenvalue weighted by Gasteiger charge is 2.16. The highest BCUT2D eigenvalue weighted by Crippen LogP contribution is 2.05. The summed E-state index contributed by atoms with van der Waals surface area (Å²) in [5.41, 5.74) is 0. The second-order valence-corrected chi connectivity index (χ2v) is 2.79. The van der Waals surface area contributed by atoms with Crippen LogP contribution in [0.4, 0.5) is 0 Å². The summed E-state index contributed by atoms with van der Waals surface area (Å²) in [4.78, 5) is 0. The molecule has 0 aromatic heterocycles. The fourth-order valence-electron chi connectivity index (χ4n) is 0.943. The Labute approximate surface area is 56.6 Å². The molecule has 53 valence electrons. The van der Waals surface area contributed by atoms with E-state index in [1.54, 1.807) is 0 Å². The van der Waals surface area contributed by atoms with Crippen LogP contribution in [0.15, 0.2) is 0 Å². The van der Waals surface area contributed by atoms with Gasteiger partial charge in [-0.15, -0.1) is 0 Å². The molecule has 1 heterocycles. The molecular weight excluding hydrogens is 114 g/mol. The molecular formula is C7H14NO. The molecule has 0 saturated carbocycles. The first-order valence-electron chi connectivity index (χ1n) is 3.55. The number of nitrogens with zero attached hydrogens (tertiary/aromatic N) is 1. The first-order chi connectivity index (χ1) is 4.30. The van der Waals surface area contributed by atoms with Gasteiger partial charge in [0.1, 0.15) is 0 Å². The standard InChI is InChI=1S/C7H14NO/c1-6(2)7-5-9-4-3-8-7/h6-7H,3-5H2,1-2H3/t7-/m1/s1. The van der Waals surface area contributed by atoms with Crippen molar-refractivity contribution in [3.05, 3.63) is 0 Å². The Kier molecular flexibility index (Phi) is 2.49. The molecule has 1 aliphatic rings. The largest absolute Gasteiger partial charge is 0.378 e. The molecule has 1 radical (unpaired) electrons. The van der Waals surface area contributed by atoms with Crippen molar-refractivity contribution < 1.29 is 4.74 Å². The first kappa shape index (κ1) is 7.03. The Bertz CT molecular complexity index is 77.0. The molecule has 2 heteroatoms. The summed E-state index contributed by atoms with van der Waals surface area (Å²) < 4.78 is 5.25. The van der Waals surface area contributed by atoms with E-state index in [0.29, 0.717) is 12.0 Å². The molecule has 1 atom stereocenters. The number of hydrogen-bond acceptors (Lipinski definition) is 1. The first-order valence-corrected chi connectivity index (χ1v) is 3.55. The fraction of sp³-hybridized carbons (Fsp3) is 1.00. The maximum atomic E-state index is 5.25. The third-order valence-electron chi connectivity index (χ3n) is 1.66. The molecule has 0 spiro atoms. The molecule has 0 aromatic rings. The van der Waals surface area contributed by atoms with Crippen molar-refractivity contribution in [3.63, 3.8) is 0 Å². The summed E-state index contributed by atoms with van der Waals surface area (Å²) in [7, 11) is 0. The number of morpholine rings is 1. The second-order valence-electron chi connectivity index (χ2n) is 2.79. The topological polar surface area (TPSA) is 23.3 Å². The maximum absolute atomic E-state index is 5.25. The van der Waals surface area contributed by atoms with Crippen LogP contribution in [-0.2, 0) is 4.74 Å². The Hall–Kier alpha value is -0.0800. The van der Waals surface area contributed by atoms with Gasteiger partial charge in [-0.25, -0.2) is 5.32 Å². The van der Waals surface area contributed by atoms with Crippen LogP contribution >= 0.6 is 0 Å². The van der Waals surface area contributed by atoms with E-state index in [1.807, 2.05) is 0 Å². The minimum atomic E-state index is 0.457. The van der Waals surface area contributed by atoms with Crippen LogP contribution in [0, 0.1) is 5.92 Å². The molecule has 0 bridgehead atoms. The lowest BCUT2D eigenvalue weighted by Crippen LogP contribution is -2.39. The van der Waals surface area contributed by atoms with E-state index in [-0.39, 0.29) is 0 Å². The van der Waals surface area contributed by atoms with Crippen molar-refractivity contribution in [1.82, 2.24) is 5.32 Å². The van der Waals surface area contributed by atoms with Gasteiger partial charge in [0, 0.05) is 6.54 Å². The minimum absolute atomic E-state index is 0.457. The van der Waals surface area contributed by atoms with Gasteiger partial charge in [0.2, 0.25) is 0 Å². The molecule has 1 saturated heterocycles. The molecule has 2 nitrogen and oxygen atoms in total. The minimum Gasteiger partial charge on any atom is -0.378 e. The zero-order chi connectivity index (χ0) is 6.69. The van der Waals surface area contributed by atoms with Gasteiger partial charge in [0.05, 0.1) is 19.3 Å². The fourth-order valence-corrected chi connectivity index (χ4v) is 0.943. The third kappa shape index (κ3) is 1.95. The van der Waals surface area contributed by atoms with Crippen LogP contribution in [0.2, 0.25) is 0 Å². The van der Waals surface area contributed by atoms with Crippen LogP contribution in [-0.4, -0.2) is 25.8 Å². The molecule has 0 aromatic carbocycles. The van der Waals surface area contributed by atoms with Gasteiger partial charge < -0.3 is 4.74 Å². The quantitative estimate of drug-likeness (QED) is 0.508. The summed E-state index contributed by atoms with van der Waals surface area (Å²) in [5, 5.41) is 4.40. The molecule has 1 rings (SSSR count). The van der Waals surface area contributed by atoms with E-state index < -0.39 is 0 Å². The maximum Gasteiger partial charge on any atom is 0.0639 e. The Morgan fingerprint density at radius 1 is 1.56 bits per heavy atom. The van der Waals surface area contributed by atoms with Crippen LogP contribution in [0.1, 0.15) is 13.8 Å². The summed E-state index contributed by atoms with van der Waals surface area (Å²) in [5.74, 6) is 0.644. The van der Waals surface area contributed by atoms with Gasteiger partial charge in [0.15, 0.2) is 0 Å². The van der Waals surface area contributed by atoms with Crippen molar-refractivity contribution in [2.75, 3.05) is 19.8 Å². The van der Waals surface area contributed by atoms with Gasteiger partial charge in [-0.3, -0.25) is 0 Å². The van der Waals surface area contributed by atoms with Crippen molar-refractivity contribution in [2.24, 2.45) is 5.92 Å². The van der Waals surface area contributed by atoms with Gasteiger partial charge in [0.25, 0.3) is 0 Å². The average molecular weight is 128 g/mol. The lowest BCUT2D eigenvalue weighted by Gasteiger charge is -2.24. The molecule has 0 N–H and O–H groups in total. The van der Waals surface area contributed by atoms with Gasteiger partial charge >= 0.3 is 0 Å². The highest BCUT2D eigenvalue weighted by molar-refractivity contribution is 4.71. The zero-order valence-electron chi connectivity index (χ0n) is 6.13. The van der Waals surface area contributed by atoms with E-state index in [1.165, 1.54) is 0 Å². The van der Waals surface area contributed by atoms with Crippen LogP contribution in [0.25, 0.3) is 0 Å². The average Bonchev–Trinajstić information content (AvgIpc) is 1.90. The van der Waals surface area contributed by atoms with E-state index in [0.717, 1.165) is 19.8 Å². The summed E-state index contributed by atoms with van der Waals surface area (Å²) in [6.07, 6.45) is 0. The smallest absolute Gasteiger partial charge is 0.0639 e. The van der Waals surface area contributed by atoms with Gasteiger partial charge in [-0.1, -0.05) is 13.8 Å². The van der Waals surface area contributed by atoms with Crippen molar-refractivity contribution in [2.45, 2.75) is 19.9 Å². The van der Waals surface area contributed by atoms with E-state index >= 15 is 0 Å². The molecule has 0 aliphatic carbocycles. The molecule has 0 amide bonds. The predicted molar refractivity (Wildman–Crippen MR) is 36.4 cm³/mol. The lowest BCUT2D eigenvalue weighted by molar-refractivity contribution is 0.0598. The van der Waals surface area contributed by atoms with Crippen LogP contribution < -0.4 is 5.32 Å². The van der Waals surface area contributed by atoms with Crippen molar-refractivity contribution >= 4 is 0 Å². The number of hydrogen-bond donors (Lipinski definition) is 0. The van der Waals surface area contributed by atoms with Crippen LogP contribution in [0.5, 0.6) is 0 Å². The predicted octanol–water partition coefficient (Wildman–Crippen LogP) is 0.646. The van der Waals surface area contributed by atoms with Crippen LogP contribution in [0.3, 0.4) is 0 Å². The Balaban J connectivity index is 2.23. The highest BCUT2D eigenvalue weighted by atomic mass is 16.5. The third-order valence-corrected chi connectivity index (χ3v) is 1.66. The Morgan fingerprint density at radius 2 is 2.33 bits per heavy atom. The molecule has 9 heavy (non-hydrogen) atoms. The number of ether oxygens (including phenoxy) is 1. The molecule has 0 unspecified atom stereocenters. The van der Waals surface area contributed by atoms with Gasteiger partial charge in [-0.2, -0.15) is 0 Å². The zero-order valence-corrected chi connectivity index (χ0v) is 6.13. The number of rotatable bonds is 1. The SMILES string of the molecule is CC(C)[C@H]1COCC[N]1. The van der Waals surface area contributed by atoms with E-state index in [2.05, 4.69) is 19.2 Å². The van der Waals surface area contributed by atoms with E-state index in [9.17, 15) is 0 Å². The molecule has 1 fully saturated rings. The second kappa shape index (κ2) is 3.18. The van der Waals surface area contributed by atoms with E-state index in [4.69, 9.17) is 4.74 Å². The molecule has 1 aliphatic heterocycles. The Morgan fingerprint density at radius 3 is 2.67 bits per heavy atom. The lowest BCUT2D eigenvalue weighted by atomic mass is 10.1.